The molecule has 8 atom stereocenters. The summed E-state index contributed by atoms with van der Waals surface area (Å²) in [7, 11) is 2.45. The average Bonchev–Trinajstić information content (AvgIpc) is 3.08. The Balaban J connectivity index is 1.77. The summed E-state index contributed by atoms with van der Waals surface area (Å²) < 4.78 is 5.63. The Bertz CT molecular complexity index is 766. The lowest BCUT2D eigenvalue weighted by Gasteiger charge is -2.44. The van der Waals surface area contributed by atoms with Crippen LogP contribution in [0.4, 0.5) is 0 Å². The van der Waals surface area contributed by atoms with Crippen LogP contribution in [0.3, 0.4) is 0 Å². The van der Waals surface area contributed by atoms with Crippen LogP contribution in [0.15, 0.2) is 47.6 Å². The standard InChI is InChI=1S/C30H49OP/c1-20-18-25(23(4)28(19-20)31-32)14-13-24-10-9-17-30(8)26(15-16-27(24)30)21(2)11-12-22(3)29(5,6)7/h11-14,20-22,26-28H,4,9-10,15-19,32H2,1-3,5-8H3/b12-11+,24-13+,25-14-/t20-,21-,22+,26?,27+,28+,30-/m1/s1. The maximum Gasteiger partial charge on any atom is 0.0860 e. The Morgan fingerprint density at radius 3 is 2.53 bits per heavy atom. The molecular weight excluding hydrogens is 407 g/mol. The highest BCUT2D eigenvalue weighted by atomic mass is 31.0. The molecule has 0 aromatic carbocycles. The van der Waals surface area contributed by atoms with Crippen LogP contribution >= 0.6 is 9.47 Å². The topological polar surface area (TPSA) is 9.23 Å². The van der Waals surface area contributed by atoms with Gasteiger partial charge in [-0.25, -0.2) is 0 Å². The molecule has 0 amide bonds. The third kappa shape index (κ3) is 5.52. The van der Waals surface area contributed by atoms with Gasteiger partial charge in [-0.3, -0.25) is 0 Å². The molecule has 3 aliphatic rings. The van der Waals surface area contributed by atoms with Crippen molar-refractivity contribution in [2.75, 3.05) is 0 Å². The maximum atomic E-state index is 5.63. The average molecular weight is 457 g/mol. The number of hydrogen-bond acceptors (Lipinski definition) is 1. The van der Waals surface area contributed by atoms with Gasteiger partial charge in [0, 0.05) is 9.47 Å². The van der Waals surface area contributed by atoms with E-state index in [4.69, 9.17) is 4.52 Å². The molecule has 0 radical (unpaired) electrons. The first-order valence-electron chi connectivity index (χ1n) is 13.1. The van der Waals surface area contributed by atoms with Crippen molar-refractivity contribution < 1.29 is 4.52 Å². The van der Waals surface area contributed by atoms with Crippen molar-refractivity contribution in [3.05, 3.63) is 47.6 Å². The normalized spacial score (nSPS) is 38.4. The van der Waals surface area contributed by atoms with Crippen LogP contribution in [0, 0.1) is 40.4 Å². The Kier molecular flexibility index (Phi) is 8.37. The molecule has 1 nitrogen and oxygen atoms in total. The van der Waals surface area contributed by atoms with Crippen molar-refractivity contribution in [2.45, 2.75) is 99.5 Å². The zero-order chi connectivity index (χ0) is 23.7. The molecule has 180 valence electrons. The molecule has 2 heteroatoms. The summed E-state index contributed by atoms with van der Waals surface area (Å²) in [5.74, 6) is 3.48. The van der Waals surface area contributed by atoms with Gasteiger partial charge < -0.3 is 4.52 Å². The molecule has 2 unspecified atom stereocenters. The lowest BCUT2D eigenvalue weighted by molar-refractivity contribution is 0.112. The number of rotatable bonds is 5. The number of allylic oxidation sites excluding steroid dienone is 5. The predicted molar refractivity (Wildman–Crippen MR) is 143 cm³/mol. The van der Waals surface area contributed by atoms with Crippen molar-refractivity contribution in [3.63, 3.8) is 0 Å². The van der Waals surface area contributed by atoms with Gasteiger partial charge in [0.15, 0.2) is 0 Å². The van der Waals surface area contributed by atoms with Crippen molar-refractivity contribution in [3.8, 4) is 0 Å². The van der Waals surface area contributed by atoms with Crippen LogP contribution in [-0.4, -0.2) is 6.10 Å². The van der Waals surface area contributed by atoms with Crippen molar-refractivity contribution in [1.29, 1.82) is 0 Å². The SMILES string of the molecule is C=C1/C(=C\C=C2/CCC[C@]3(C)C([C@H](C)/C=C/[C@H](C)C(C)(C)C)CC[C@@H]23)C[C@@H](C)C[C@@H]1OP. The largest absolute Gasteiger partial charge is 0.358 e. The minimum absolute atomic E-state index is 0.156. The molecular formula is C30H49OP. The molecule has 3 fully saturated rings. The zero-order valence-corrected chi connectivity index (χ0v) is 23.1. The summed E-state index contributed by atoms with van der Waals surface area (Å²) in [4.78, 5) is 0. The Labute approximate surface area is 201 Å². The highest BCUT2D eigenvalue weighted by molar-refractivity contribution is 7.09. The van der Waals surface area contributed by atoms with Gasteiger partial charge in [-0.1, -0.05) is 84.9 Å². The van der Waals surface area contributed by atoms with Crippen molar-refractivity contribution in [1.82, 2.24) is 0 Å². The van der Waals surface area contributed by atoms with Crippen LogP contribution in [0.2, 0.25) is 0 Å². The minimum atomic E-state index is 0.156. The molecule has 3 aliphatic carbocycles. The Morgan fingerprint density at radius 2 is 1.88 bits per heavy atom. The highest BCUT2D eigenvalue weighted by Crippen LogP contribution is 2.59. The number of hydrogen-bond donors (Lipinski definition) is 0. The zero-order valence-electron chi connectivity index (χ0n) is 21.9. The van der Waals surface area contributed by atoms with Gasteiger partial charge in [-0.05, 0) is 96.5 Å². The summed E-state index contributed by atoms with van der Waals surface area (Å²) >= 11 is 0. The van der Waals surface area contributed by atoms with E-state index in [1.54, 1.807) is 5.57 Å². The van der Waals surface area contributed by atoms with Gasteiger partial charge in [0.25, 0.3) is 0 Å². The fourth-order valence-electron chi connectivity index (χ4n) is 6.73. The first-order valence-corrected chi connectivity index (χ1v) is 13.6. The number of fused-ring (bicyclic) bond motifs is 1. The molecule has 0 saturated heterocycles. The molecule has 0 N–H and O–H groups in total. The molecule has 0 aromatic heterocycles. The van der Waals surface area contributed by atoms with Gasteiger partial charge in [0.2, 0.25) is 0 Å². The first kappa shape index (κ1) is 26.0. The molecule has 0 spiro atoms. The first-order chi connectivity index (χ1) is 15.0. The van der Waals surface area contributed by atoms with Crippen LogP contribution in [0.1, 0.15) is 93.4 Å². The van der Waals surface area contributed by atoms with Gasteiger partial charge >= 0.3 is 0 Å². The molecule has 3 rings (SSSR count). The summed E-state index contributed by atoms with van der Waals surface area (Å²) in [6.07, 6.45) is 19.0. The molecule has 0 aliphatic heterocycles. The fraction of sp³-hybridized carbons (Fsp3) is 0.733. The monoisotopic (exact) mass is 456 g/mol. The molecule has 0 heterocycles. The van der Waals surface area contributed by atoms with E-state index in [1.807, 2.05) is 0 Å². The molecule has 0 aromatic rings. The summed E-state index contributed by atoms with van der Waals surface area (Å²) in [6.45, 7) is 21.2. The van der Waals surface area contributed by atoms with Gasteiger partial charge in [0.05, 0.1) is 6.10 Å². The van der Waals surface area contributed by atoms with Gasteiger partial charge in [0.1, 0.15) is 0 Å². The van der Waals surface area contributed by atoms with Crippen LogP contribution in [-0.2, 0) is 4.52 Å². The summed E-state index contributed by atoms with van der Waals surface area (Å²) in [5, 5.41) is 0. The quantitative estimate of drug-likeness (QED) is 0.296. The smallest absolute Gasteiger partial charge is 0.0860 e. The third-order valence-electron chi connectivity index (χ3n) is 9.39. The van der Waals surface area contributed by atoms with Gasteiger partial charge in [-0.2, -0.15) is 0 Å². The molecule has 3 saturated carbocycles. The maximum absolute atomic E-state index is 5.63. The van der Waals surface area contributed by atoms with Crippen LogP contribution < -0.4 is 0 Å². The lowest BCUT2D eigenvalue weighted by Crippen LogP contribution is -2.35. The van der Waals surface area contributed by atoms with E-state index >= 15 is 0 Å². The Hall–Kier alpha value is -0.650. The van der Waals surface area contributed by atoms with E-state index in [0.29, 0.717) is 28.6 Å². The predicted octanol–water partition coefficient (Wildman–Crippen LogP) is 9.09. The second kappa shape index (κ2) is 10.3. The lowest BCUT2D eigenvalue weighted by atomic mass is 9.61. The minimum Gasteiger partial charge on any atom is -0.358 e. The third-order valence-corrected chi connectivity index (χ3v) is 9.72. The summed E-state index contributed by atoms with van der Waals surface area (Å²) in [6, 6.07) is 0. The van der Waals surface area contributed by atoms with Gasteiger partial charge in [-0.15, -0.1) is 0 Å². The molecule has 32 heavy (non-hydrogen) atoms. The highest BCUT2D eigenvalue weighted by Gasteiger charge is 2.50. The van der Waals surface area contributed by atoms with E-state index in [-0.39, 0.29) is 6.10 Å². The van der Waals surface area contributed by atoms with E-state index in [0.717, 1.165) is 24.7 Å². The fourth-order valence-corrected chi connectivity index (χ4v) is 7.01. The molecule has 0 bridgehead atoms. The van der Waals surface area contributed by atoms with Crippen LogP contribution in [0.25, 0.3) is 0 Å². The van der Waals surface area contributed by atoms with Crippen molar-refractivity contribution in [2.24, 2.45) is 40.4 Å². The van der Waals surface area contributed by atoms with Crippen molar-refractivity contribution >= 4 is 9.47 Å². The van der Waals surface area contributed by atoms with Crippen LogP contribution in [0.5, 0.6) is 0 Å². The summed E-state index contributed by atoms with van der Waals surface area (Å²) in [5.41, 5.74) is 5.07. The van der Waals surface area contributed by atoms with E-state index in [1.165, 1.54) is 43.3 Å². The second-order valence-electron chi connectivity index (χ2n) is 12.6. The van der Waals surface area contributed by atoms with E-state index in [9.17, 15) is 0 Å². The van der Waals surface area contributed by atoms with E-state index in [2.05, 4.69) is 88.8 Å². The Morgan fingerprint density at radius 1 is 1.16 bits per heavy atom. The van der Waals surface area contributed by atoms with E-state index < -0.39 is 0 Å². The second-order valence-corrected chi connectivity index (χ2v) is 12.9.